The first-order chi connectivity index (χ1) is 7.38. The van der Waals surface area contributed by atoms with Crippen LogP contribution in [-0.4, -0.2) is 49.1 Å². The molecule has 0 saturated carbocycles. The molecule has 2 aliphatic rings. The van der Waals surface area contributed by atoms with Gasteiger partial charge in [0.05, 0.1) is 12.6 Å². The summed E-state index contributed by atoms with van der Waals surface area (Å²) in [5.74, 6) is 0.816. The minimum atomic E-state index is 0.622. The molecule has 0 aliphatic carbocycles. The van der Waals surface area contributed by atoms with Crippen molar-refractivity contribution in [1.82, 2.24) is 9.80 Å². The van der Waals surface area contributed by atoms with Gasteiger partial charge in [-0.15, -0.1) is 0 Å². The van der Waals surface area contributed by atoms with Crippen LogP contribution < -0.4 is 0 Å². The standard InChI is InChI=1S/C12H21N3/c13-5-9-15-8-4-12(11-15)10-14-6-2-1-3-7-14/h12H,1-4,6-11H2. The van der Waals surface area contributed by atoms with Gasteiger partial charge in [0, 0.05) is 13.1 Å². The predicted molar refractivity (Wildman–Crippen MR) is 60.5 cm³/mol. The van der Waals surface area contributed by atoms with Crippen LogP contribution in [-0.2, 0) is 0 Å². The van der Waals surface area contributed by atoms with Crippen LogP contribution in [0.5, 0.6) is 0 Å². The van der Waals surface area contributed by atoms with E-state index in [0.717, 1.165) is 19.0 Å². The van der Waals surface area contributed by atoms with Crippen LogP contribution in [0.2, 0.25) is 0 Å². The molecule has 0 N–H and O–H groups in total. The van der Waals surface area contributed by atoms with Crippen molar-refractivity contribution in [3.05, 3.63) is 0 Å². The average Bonchev–Trinajstić information content (AvgIpc) is 2.68. The summed E-state index contributed by atoms with van der Waals surface area (Å²) in [7, 11) is 0. The van der Waals surface area contributed by atoms with Crippen LogP contribution >= 0.6 is 0 Å². The highest BCUT2D eigenvalue weighted by Gasteiger charge is 2.24. The number of piperidine rings is 1. The van der Waals surface area contributed by atoms with Crippen LogP contribution in [0.15, 0.2) is 0 Å². The summed E-state index contributed by atoms with van der Waals surface area (Å²) in [5, 5.41) is 8.63. The molecule has 2 fully saturated rings. The van der Waals surface area contributed by atoms with Crippen molar-refractivity contribution >= 4 is 0 Å². The molecule has 2 heterocycles. The van der Waals surface area contributed by atoms with E-state index >= 15 is 0 Å². The van der Waals surface area contributed by atoms with E-state index in [1.165, 1.54) is 45.3 Å². The van der Waals surface area contributed by atoms with Gasteiger partial charge in [0.2, 0.25) is 0 Å². The highest BCUT2D eigenvalue weighted by Crippen LogP contribution is 2.19. The van der Waals surface area contributed by atoms with Crippen LogP contribution in [0.25, 0.3) is 0 Å². The second-order valence-corrected chi connectivity index (χ2v) is 4.91. The van der Waals surface area contributed by atoms with Crippen molar-refractivity contribution in [2.75, 3.05) is 39.3 Å². The minimum absolute atomic E-state index is 0.622. The first-order valence-corrected chi connectivity index (χ1v) is 6.20. The molecule has 0 bridgehead atoms. The van der Waals surface area contributed by atoms with Crippen LogP contribution in [0.1, 0.15) is 25.7 Å². The molecular weight excluding hydrogens is 186 g/mol. The zero-order chi connectivity index (χ0) is 10.5. The van der Waals surface area contributed by atoms with Crippen molar-refractivity contribution in [3.63, 3.8) is 0 Å². The van der Waals surface area contributed by atoms with E-state index in [4.69, 9.17) is 5.26 Å². The van der Waals surface area contributed by atoms with Gasteiger partial charge in [-0.05, 0) is 44.8 Å². The molecule has 2 aliphatic heterocycles. The number of nitriles is 1. The van der Waals surface area contributed by atoms with Gasteiger partial charge in [-0.1, -0.05) is 6.42 Å². The van der Waals surface area contributed by atoms with E-state index in [2.05, 4.69) is 15.9 Å². The summed E-state index contributed by atoms with van der Waals surface area (Å²) < 4.78 is 0. The van der Waals surface area contributed by atoms with Crippen molar-refractivity contribution in [3.8, 4) is 6.07 Å². The summed E-state index contributed by atoms with van der Waals surface area (Å²) in [6.45, 7) is 6.76. The maximum atomic E-state index is 8.63. The van der Waals surface area contributed by atoms with E-state index in [-0.39, 0.29) is 0 Å². The van der Waals surface area contributed by atoms with Crippen molar-refractivity contribution < 1.29 is 0 Å². The van der Waals surface area contributed by atoms with E-state index in [1.54, 1.807) is 0 Å². The molecule has 0 radical (unpaired) electrons. The highest BCUT2D eigenvalue weighted by atomic mass is 15.2. The fourth-order valence-corrected chi connectivity index (χ4v) is 2.81. The van der Waals surface area contributed by atoms with Crippen molar-refractivity contribution in [2.24, 2.45) is 5.92 Å². The number of nitrogens with zero attached hydrogens (tertiary/aromatic N) is 3. The van der Waals surface area contributed by atoms with Crippen LogP contribution in [0.4, 0.5) is 0 Å². The highest BCUT2D eigenvalue weighted by molar-refractivity contribution is 4.84. The third-order valence-corrected chi connectivity index (χ3v) is 3.63. The number of rotatable bonds is 3. The van der Waals surface area contributed by atoms with E-state index < -0.39 is 0 Å². The molecule has 0 amide bonds. The Morgan fingerprint density at radius 2 is 1.87 bits per heavy atom. The molecule has 1 atom stereocenters. The predicted octanol–water partition coefficient (Wildman–Crippen LogP) is 1.32. The zero-order valence-electron chi connectivity index (χ0n) is 9.49. The Kier molecular flexibility index (Phi) is 3.99. The largest absolute Gasteiger partial charge is 0.303 e. The molecular formula is C12H21N3. The Morgan fingerprint density at radius 3 is 2.60 bits per heavy atom. The summed E-state index contributed by atoms with van der Waals surface area (Å²) in [6, 6.07) is 2.25. The van der Waals surface area contributed by atoms with E-state index in [1.807, 2.05) is 0 Å². The van der Waals surface area contributed by atoms with Gasteiger partial charge >= 0.3 is 0 Å². The van der Waals surface area contributed by atoms with Gasteiger partial charge < -0.3 is 4.90 Å². The fourth-order valence-electron chi connectivity index (χ4n) is 2.81. The average molecular weight is 207 g/mol. The second-order valence-electron chi connectivity index (χ2n) is 4.91. The van der Waals surface area contributed by atoms with Crippen molar-refractivity contribution in [1.29, 1.82) is 5.26 Å². The molecule has 2 rings (SSSR count). The maximum absolute atomic E-state index is 8.63. The van der Waals surface area contributed by atoms with Gasteiger partial charge in [0.25, 0.3) is 0 Å². The summed E-state index contributed by atoms with van der Waals surface area (Å²) in [6.07, 6.45) is 5.48. The SMILES string of the molecule is N#CCN1CCC(CN2CCCCC2)C1. The summed E-state index contributed by atoms with van der Waals surface area (Å²) in [4.78, 5) is 4.90. The monoisotopic (exact) mass is 207 g/mol. The molecule has 2 saturated heterocycles. The summed E-state index contributed by atoms with van der Waals surface area (Å²) >= 11 is 0. The number of hydrogen-bond acceptors (Lipinski definition) is 3. The molecule has 1 unspecified atom stereocenters. The zero-order valence-corrected chi connectivity index (χ0v) is 9.49. The molecule has 0 aromatic rings. The van der Waals surface area contributed by atoms with E-state index in [0.29, 0.717) is 6.54 Å². The first kappa shape index (κ1) is 10.9. The second kappa shape index (κ2) is 5.48. The number of likely N-dealkylation sites (tertiary alicyclic amines) is 2. The lowest BCUT2D eigenvalue weighted by molar-refractivity contribution is 0.195. The molecule has 3 nitrogen and oxygen atoms in total. The Morgan fingerprint density at radius 1 is 1.07 bits per heavy atom. The lowest BCUT2D eigenvalue weighted by atomic mass is 10.1. The minimum Gasteiger partial charge on any atom is -0.303 e. The summed E-state index contributed by atoms with van der Waals surface area (Å²) in [5.41, 5.74) is 0. The first-order valence-electron chi connectivity index (χ1n) is 6.20. The molecule has 3 heteroatoms. The molecule has 0 aromatic heterocycles. The third-order valence-electron chi connectivity index (χ3n) is 3.63. The van der Waals surface area contributed by atoms with Crippen LogP contribution in [0, 0.1) is 17.2 Å². The van der Waals surface area contributed by atoms with Gasteiger partial charge in [-0.3, -0.25) is 4.90 Å². The quantitative estimate of drug-likeness (QED) is 0.654. The van der Waals surface area contributed by atoms with Gasteiger partial charge in [0.15, 0.2) is 0 Å². The topological polar surface area (TPSA) is 30.3 Å². The van der Waals surface area contributed by atoms with Gasteiger partial charge in [0.1, 0.15) is 0 Å². The maximum Gasteiger partial charge on any atom is 0.0866 e. The van der Waals surface area contributed by atoms with E-state index in [9.17, 15) is 0 Å². The molecule has 15 heavy (non-hydrogen) atoms. The Balaban J connectivity index is 1.69. The van der Waals surface area contributed by atoms with Crippen LogP contribution in [0.3, 0.4) is 0 Å². The molecule has 0 aromatic carbocycles. The molecule has 0 spiro atoms. The number of hydrogen-bond donors (Lipinski definition) is 0. The van der Waals surface area contributed by atoms with Gasteiger partial charge in [-0.2, -0.15) is 5.26 Å². The lowest BCUT2D eigenvalue weighted by Gasteiger charge is -2.28. The lowest BCUT2D eigenvalue weighted by Crippen LogP contribution is -2.35. The van der Waals surface area contributed by atoms with Crippen molar-refractivity contribution in [2.45, 2.75) is 25.7 Å². The fraction of sp³-hybridized carbons (Fsp3) is 0.917. The Bertz CT molecular complexity index is 228. The third kappa shape index (κ3) is 3.19. The van der Waals surface area contributed by atoms with Gasteiger partial charge in [-0.25, -0.2) is 0 Å². The molecule has 84 valence electrons. The Labute approximate surface area is 92.7 Å². The normalized spacial score (nSPS) is 29.1. The Hall–Kier alpha value is -0.590. The smallest absolute Gasteiger partial charge is 0.0866 e.